The molecule has 0 saturated heterocycles. The molecule has 5 heterocycles. The fraction of sp³-hybridized carbons (Fsp3) is 0.0330. The van der Waals surface area contributed by atoms with Crippen molar-refractivity contribution in [2.45, 2.75) is 19.1 Å². The lowest BCUT2D eigenvalue weighted by Gasteiger charge is -2.19. The first-order valence-electron chi connectivity index (χ1n) is 34.1. The molecule has 0 spiro atoms. The van der Waals surface area contributed by atoms with E-state index in [0.29, 0.717) is 17.5 Å². The zero-order chi connectivity index (χ0) is 67.1. The zero-order valence-corrected chi connectivity index (χ0v) is 56.5. The van der Waals surface area contributed by atoms with Crippen molar-refractivity contribution in [2.75, 3.05) is 0 Å². The lowest BCUT2D eigenvalue weighted by atomic mass is 9.91. The van der Waals surface area contributed by atoms with Crippen LogP contribution in [-0.4, -0.2) is 29.6 Å². The first kappa shape index (κ1) is 59.8. The predicted octanol–water partition coefficient (Wildman–Crippen LogP) is 23.5. The van der Waals surface area contributed by atoms with Gasteiger partial charge in [-0.2, -0.15) is 0 Å². The number of fused-ring (bicyclic) bond motifs is 12. The van der Waals surface area contributed by atoms with E-state index >= 15 is 0 Å². The monoisotopic (exact) mass is 1330 g/mol. The van der Waals surface area contributed by atoms with Crippen LogP contribution in [0.3, 0.4) is 0 Å². The molecule has 0 saturated carbocycles. The van der Waals surface area contributed by atoms with E-state index in [1.165, 1.54) is 112 Å². The summed E-state index contributed by atoms with van der Waals surface area (Å²) in [7, 11) is 0. The van der Waals surface area contributed by atoms with E-state index in [4.69, 9.17) is 25.7 Å². The standard InChI is InChI=1S/C91H62N8S2/c1-56(93-86(62-23-8-3-9-24-62)94-85(92)61-21-6-2-7-22-61)57-34-37-59(38-35-57)83-75-53-68(67-43-36-58-20-14-15-29-66(58)52-67)44-49-77(75)99-80-51-46-70(55-82(80)101-91(83)99)72-48-47-71(73-30-16-17-31-74(72)73)69-45-50-78-76(54-69)84(90-98(78)79-32-18-19-33-81(79)100-90)60-39-41-65(42-40-60)89-96-87(63-25-10-4-11-26-63)95-88(97-89)64-27-12-5-13-28-64/h2-56,85H,92H2,1H3,(H,93,94). The van der Waals surface area contributed by atoms with Crippen LogP contribution >= 0.6 is 22.7 Å². The highest BCUT2D eigenvalue weighted by Gasteiger charge is 2.24. The Hall–Kier alpha value is -12.4. The molecule has 0 aliphatic carbocycles. The second kappa shape index (κ2) is 24.8. The Balaban J connectivity index is 0.699. The van der Waals surface area contributed by atoms with Gasteiger partial charge in [0.2, 0.25) is 0 Å². The molecule has 14 aromatic carbocycles. The second-order valence-corrected chi connectivity index (χ2v) is 28.0. The van der Waals surface area contributed by atoms with Crippen molar-refractivity contribution in [3.63, 3.8) is 0 Å². The van der Waals surface area contributed by atoms with Crippen molar-refractivity contribution in [1.82, 2.24) is 29.1 Å². The molecule has 0 bridgehead atoms. The maximum atomic E-state index is 6.79. The van der Waals surface area contributed by atoms with Gasteiger partial charge >= 0.3 is 0 Å². The van der Waals surface area contributed by atoms with E-state index in [0.717, 1.165) is 55.9 Å². The maximum absolute atomic E-state index is 6.79. The quantitative estimate of drug-likeness (QED) is 0.0681. The van der Waals surface area contributed by atoms with Crippen LogP contribution in [0, 0.1) is 0 Å². The van der Waals surface area contributed by atoms with E-state index in [-0.39, 0.29) is 6.04 Å². The van der Waals surface area contributed by atoms with Crippen molar-refractivity contribution < 1.29 is 0 Å². The van der Waals surface area contributed by atoms with Gasteiger partial charge in [-0.05, 0) is 139 Å². The molecule has 19 rings (SSSR count). The number of nitrogens with one attached hydrogen (secondary N) is 1. The van der Waals surface area contributed by atoms with Crippen LogP contribution in [0.2, 0.25) is 0 Å². The van der Waals surface area contributed by atoms with Crippen molar-refractivity contribution in [2.24, 2.45) is 10.7 Å². The molecular formula is C91H62N8S2. The summed E-state index contributed by atoms with van der Waals surface area (Å²) in [5.41, 5.74) is 29.2. The molecule has 0 aliphatic heterocycles. The number of benzene rings is 14. The summed E-state index contributed by atoms with van der Waals surface area (Å²) in [5.74, 6) is 2.66. The van der Waals surface area contributed by atoms with Crippen LogP contribution < -0.4 is 11.1 Å². The number of rotatable bonds is 13. The van der Waals surface area contributed by atoms with Gasteiger partial charge in [-0.1, -0.05) is 273 Å². The molecular weight excluding hydrogens is 1270 g/mol. The lowest BCUT2D eigenvalue weighted by Crippen LogP contribution is -2.35. The lowest BCUT2D eigenvalue weighted by molar-refractivity contribution is 0.672. The maximum Gasteiger partial charge on any atom is 0.164 e. The van der Waals surface area contributed by atoms with Gasteiger partial charge in [0, 0.05) is 44.2 Å². The van der Waals surface area contributed by atoms with E-state index in [9.17, 15) is 0 Å². The molecule has 10 heteroatoms. The minimum Gasteiger partial charge on any atom is -0.351 e. The molecule has 0 radical (unpaired) electrons. The van der Waals surface area contributed by atoms with Crippen LogP contribution in [0.4, 0.5) is 0 Å². The number of nitrogens with two attached hydrogens (primary N) is 1. The predicted molar refractivity (Wildman–Crippen MR) is 424 cm³/mol. The number of thiazole rings is 2. The summed E-state index contributed by atoms with van der Waals surface area (Å²) in [5, 5.41) is 10.8. The Morgan fingerprint density at radius 3 is 1.41 bits per heavy atom. The van der Waals surface area contributed by atoms with Gasteiger partial charge in [0.05, 0.1) is 37.5 Å². The fourth-order valence-electron chi connectivity index (χ4n) is 14.8. The SMILES string of the molecule is CC(N=C(NC(N)c1ccccc1)c1ccccc1)c1ccc(-c2c3cc(-c4ccc5ccccc5c4)ccc3n3c2sc2cc(-c4ccc(-c5ccc6c(c5)c(-c5ccc(-c7nc(-c8ccccc8)nc(-c8ccccc8)n7)cc5)c5sc7ccccc7n56)c5ccccc45)ccc23)cc1. The van der Waals surface area contributed by atoms with E-state index in [1.54, 1.807) is 0 Å². The molecule has 19 aromatic rings. The van der Waals surface area contributed by atoms with E-state index in [2.05, 4.69) is 239 Å². The van der Waals surface area contributed by atoms with Crippen LogP contribution in [0.15, 0.2) is 333 Å². The molecule has 2 unspecified atom stereocenters. The Morgan fingerprint density at radius 2 is 0.782 bits per heavy atom. The third kappa shape index (κ3) is 10.6. The second-order valence-electron chi connectivity index (χ2n) is 25.9. The third-order valence-electron chi connectivity index (χ3n) is 19.8. The first-order valence-corrected chi connectivity index (χ1v) is 35.8. The van der Waals surface area contributed by atoms with Gasteiger partial charge in [-0.15, -0.1) is 22.7 Å². The molecule has 3 N–H and O–H groups in total. The van der Waals surface area contributed by atoms with Crippen LogP contribution in [0.1, 0.15) is 35.8 Å². The summed E-state index contributed by atoms with van der Waals surface area (Å²) >= 11 is 3.70. The molecule has 5 aromatic heterocycles. The fourth-order valence-corrected chi connectivity index (χ4v) is 17.3. The zero-order valence-electron chi connectivity index (χ0n) is 54.9. The Labute approximate surface area is 591 Å². The van der Waals surface area contributed by atoms with Crippen molar-refractivity contribution in [1.29, 1.82) is 0 Å². The largest absolute Gasteiger partial charge is 0.351 e. The summed E-state index contributed by atoms with van der Waals surface area (Å²) in [6, 6.07) is 117. The van der Waals surface area contributed by atoms with Crippen LogP contribution in [-0.2, 0) is 0 Å². The highest BCUT2D eigenvalue weighted by atomic mass is 32.1. The smallest absolute Gasteiger partial charge is 0.164 e. The number of amidine groups is 1. The minimum absolute atomic E-state index is 0.168. The van der Waals surface area contributed by atoms with Gasteiger partial charge in [0.1, 0.15) is 21.7 Å². The Kier molecular flexibility index (Phi) is 14.7. The summed E-state index contributed by atoms with van der Waals surface area (Å²) in [6.07, 6.45) is -0.431. The summed E-state index contributed by atoms with van der Waals surface area (Å²) in [4.78, 5) is 22.8. The highest BCUT2D eigenvalue weighted by Crippen LogP contribution is 2.48. The molecule has 101 heavy (non-hydrogen) atoms. The molecule has 478 valence electrons. The van der Waals surface area contributed by atoms with Gasteiger partial charge in [0.15, 0.2) is 17.5 Å². The average Bonchev–Trinajstić information content (AvgIpc) is 1.57. The van der Waals surface area contributed by atoms with E-state index in [1.807, 2.05) is 132 Å². The number of hydrogen-bond donors (Lipinski definition) is 2. The molecule has 0 fully saturated rings. The van der Waals surface area contributed by atoms with Gasteiger partial charge in [-0.25, -0.2) is 15.0 Å². The summed E-state index contributed by atoms with van der Waals surface area (Å²) in [6.45, 7) is 2.15. The normalized spacial score (nSPS) is 12.6. The molecule has 8 nitrogen and oxygen atoms in total. The van der Waals surface area contributed by atoms with Gasteiger partial charge in [0.25, 0.3) is 0 Å². The minimum atomic E-state index is -0.431. The number of aromatic nitrogens is 5. The van der Waals surface area contributed by atoms with Crippen molar-refractivity contribution in [3.8, 4) is 89.8 Å². The van der Waals surface area contributed by atoms with E-state index < -0.39 is 6.17 Å². The first-order chi connectivity index (χ1) is 49.9. The third-order valence-corrected chi connectivity index (χ3v) is 22.1. The van der Waals surface area contributed by atoms with Crippen molar-refractivity contribution >= 4 is 102 Å². The number of para-hydroxylation sites is 1. The number of nitrogens with zero attached hydrogens (tertiary/aromatic N) is 6. The van der Waals surface area contributed by atoms with Gasteiger partial charge < -0.3 is 11.1 Å². The van der Waals surface area contributed by atoms with Crippen LogP contribution in [0.25, 0.3) is 163 Å². The Morgan fingerprint density at radius 1 is 0.347 bits per heavy atom. The number of hydrogen-bond acceptors (Lipinski definition) is 7. The van der Waals surface area contributed by atoms with Crippen LogP contribution in [0.5, 0.6) is 0 Å². The number of aliphatic imine (C=N–C) groups is 1. The molecule has 2 atom stereocenters. The Bertz CT molecular complexity index is 6380. The highest BCUT2D eigenvalue weighted by molar-refractivity contribution is 7.25. The average molecular weight is 1330 g/mol. The summed E-state index contributed by atoms with van der Waals surface area (Å²) < 4.78 is 7.40. The van der Waals surface area contributed by atoms with Gasteiger partial charge in [-0.3, -0.25) is 13.8 Å². The topological polar surface area (TPSA) is 97.9 Å². The molecule has 0 amide bonds. The molecule has 0 aliphatic rings. The van der Waals surface area contributed by atoms with Crippen molar-refractivity contribution in [3.05, 3.63) is 344 Å².